The van der Waals surface area contributed by atoms with Crippen LogP contribution in [0.4, 0.5) is 26.3 Å². The third-order valence-electron chi connectivity index (χ3n) is 4.95. The van der Waals surface area contributed by atoms with Crippen molar-refractivity contribution in [2.75, 3.05) is 19.6 Å². The maximum atomic E-state index is 12.9. The van der Waals surface area contributed by atoms with E-state index in [-0.39, 0.29) is 54.8 Å². The van der Waals surface area contributed by atoms with Gasteiger partial charge < -0.3 is 10.6 Å². The van der Waals surface area contributed by atoms with E-state index in [4.69, 9.17) is 0 Å². The van der Waals surface area contributed by atoms with Crippen LogP contribution in [0, 0.1) is 5.92 Å². The molecule has 1 saturated heterocycles. The van der Waals surface area contributed by atoms with Crippen molar-refractivity contribution >= 4 is 24.8 Å². The summed E-state index contributed by atoms with van der Waals surface area (Å²) in [6, 6.07) is 11.5. The predicted octanol–water partition coefficient (Wildman–Crippen LogP) is 5.66. The fraction of sp³-hybridized carbons (Fsp3) is 0.400. The molecule has 1 heterocycles. The van der Waals surface area contributed by atoms with Crippen molar-refractivity contribution in [3.05, 3.63) is 70.8 Å². The molecule has 2 nitrogen and oxygen atoms in total. The lowest BCUT2D eigenvalue weighted by Crippen LogP contribution is -2.27. The average Bonchev–Trinajstić information content (AvgIpc) is 3.09. The Morgan fingerprint density at radius 3 is 1.93 bits per heavy atom. The monoisotopic (exact) mass is 474 g/mol. The Hall–Kier alpha value is -1.48. The van der Waals surface area contributed by atoms with Gasteiger partial charge in [0.25, 0.3) is 0 Å². The molecule has 2 N–H and O–H groups in total. The molecule has 1 aliphatic heterocycles. The van der Waals surface area contributed by atoms with Gasteiger partial charge >= 0.3 is 12.4 Å². The minimum absolute atomic E-state index is 0. The van der Waals surface area contributed by atoms with Gasteiger partial charge in [-0.05, 0) is 41.8 Å². The maximum Gasteiger partial charge on any atom is 0.416 e. The number of hydrogen-bond acceptors (Lipinski definition) is 2. The maximum absolute atomic E-state index is 12.9. The summed E-state index contributed by atoms with van der Waals surface area (Å²) in [7, 11) is 0. The Morgan fingerprint density at radius 2 is 1.40 bits per heavy atom. The first-order chi connectivity index (χ1) is 13.1. The Labute approximate surface area is 183 Å². The van der Waals surface area contributed by atoms with Crippen molar-refractivity contribution in [1.82, 2.24) is 10.6 Å². The number of hydrogen-bond donors (Lipinski definition) is 2. The Balaban J connectivity index is 0.00000225. The highest BCUT2D eigenvalue weighted by Crippen LogP contribution is 2.36. The molecule has 1 fully saturated rings. The fourth-order valence-corrected chi connectivity index (χ4v) is 3.56. The SMILES string of the molecule is Cl.Cl.FC(F)(F)c1cc(CNC[C@H]2CNC[C@H]2c2ccccc2)cc(C(F)(F)F)c1. The average molecular weight is 475 g/mol. The molecule has 0 amide bonds. The van der Waals surface area contributed by atoms with Gasteiger partial charge in [0.2, 0.25) is 0 Å². The highest BCUT2D eigenvalue weighted by atomic mass is 35.5. The van der Waals surface area contributed by atoms with E-state index in [1.165, 1.54) is 0 Å². The number of rotatable bonds is 5. The topological polar surface area (TPSA) is 24.1 Å². The van der Waals surface area contributed by atoms with E-state index in [9.17, 15) is 26.3 Å². The normalized spacial score (nSPS) is 19.1. The van der Waals surface area contributed by atoms with Gasteiger partial charge in [0.15, 0.2) is 0 Å². The number of benzene rings is 2. The number of alkyl halides is 6. The third kappa shape index (κ3) is 6.77. The molecule has 0 unspecified atom stereocenters. The molecule has 1 aliphatic rings. The van der Waals surface area contributed by atoms with Gasteiger partial charge in [0.1, 0.15) is 0 Å². The van der Waals surface area contributed by atoms with Gasteiger partial charge in [0, 0.05) is 25.6 Å². The predicted molar refractivity (Wildman–Crippen MR) is 108 cm³/mol. The standard InChI is InChI=1S/C20H20F6N2.2ClH/c21-19(22,23)16-6-13(7-17(8-16)20(24,25)26)9-27-10-15-11-28-12-18(15)14-4-2-1-3-5-14;;/h1-8,15,18,27-28H,9-12H2;2*1H/t15-,18-;;/m0../s1. The molecule has 2 aromatic rings. The van der Waals surface area contributed by atoms with Crippen LogP contribution >= 0.6 is 24.8 Å². The van der Waals surface area contributed by atoms with E-state index in [1.807, 2.05) is 30.3 Å². The van der Waals surface area contributed by atoms with E-state index in [2.05, 4.69) is 10.6 Å². The van der Waals surface area contributed by atoms with Crippen LogP contribution < -0.4 is 10.6 Å². The van der Waals surface area contributed by atoms with Crippen molar-refractivity contribution in [3.63, 3.8) is 0 Å². The van der Waals surface area contributed by atoms with E-state index in [0.29, 0.717) is 6.54 Å². The van der Waals surface area contributed by atoms with Crippen LogP contribution in [0.1, 0.15) is 28.2 Å². The molecule has 0 spiro atoms. The van der Waals surface area contributed by atoms with E-state index < -0.39 is 23.5 Å². The lowest BCUT2D eigenvalue weighted by atomic mass is 9.89. The van der Waals surface area contributed by atoms with Crippen molar-refractivity contribution < 1.29 is 26.3 Å². The van der Waals surface area contributed by atoms with Crippen molar-refractivity contribution in [2.45, 2.75) is 24.8 Å². The summed E-state index contributed by atoms with van der Waals surface area (Å²) >= 11 is 0. The smallest absolute Gasteiger partial charge is 0.316 e. The molecule has 0 aromatic heterocycles. The zero-order chi connectivity index (χ0) is 20.4. The molecule has 2 aromatic carbocycles. The van der Waals surface area contributed by atoms with Gasteiger partial charge in [-0.15, -0.1) is 24.8 Å². The quantitative estimate of drug-likeness (QED) is 0.546. The second kappa shape index (κ2) is 10.7. The molecule has 0 aliphatic carbocycles. The van der Waals surface area contributed by atoms with Crippen LogP contribution in [-0.4, -0.2) is 19.6 Å². The minimum atomic E-state index is -4.83. The summed E-state index contributed by atoms with van der Waals surface area (Å²) in [4.78, 5) is 0. The molecule has 30 heavy (non-hydrogen) atoms. The first-order valence-corrected chi connectivity index (χ1v) is 8.89. The molecule has 0 radical (unpaired) electrons. The van der Waals surface area contributed by atoms with Crippen molar-refractivity contribution in [2.24, 2.45) is 5.92 Å². The van der Waals surface area contributed by atoms with Crippen LogP contribution in [0.3, 0.4) is 0 Å². The summed E-state index contributed by atoms with van der Waals surface area (Å²) in [5.41, 5.74) is -1.45. The molecular weight excluding hydrogens is 453 g/mol. The van der Waals surface area contributed by atoms with Crippen molar-refractivity contribution in [1.29, 1.82) is 0 Å². The van der Waals surface area contributed by atoms with Gasteiger partial charge in [-0.25, -0.2) is 0 Å². The minimum Gasteiger partial charge on any atom is -0.316 e. The van der Waals surface area contributed by atoms with Gasteiger partial charge in [0.05, 0.1) is 11.1 Å². The largest absolute Gasteiger partial charge is 0.416 e. The summed E-state index contributed by atoms with van der Waals surface area (Å²) < 4.78 is 77.7. The van der Waals surface area contributed by atoms with Gasteiger partial charge in [-0.2, -0.15) is 26.3 Å². The molecule has 2 atom stereocenters. The van der Waals surface area contributed by atoms with Gasteiger partial charge in [-0.3, -0.25) is 0 Å². The zero-order valence-electron chi connectivity index (χ0n) is 15.7. The molecule has 168 valence electrons. The summed E-state index contributed by atoms with van der Waals surface area (Å²) in [5.74, 6) is 0.455. The number of halogens is 8. The third-order valence-corrected chi connectivity index (χ3v) is 4.95. The lowest BCUT2D eigenvalue weighted by molar-refractivity contribution is -0.143. The molecule has 10 heteroatoms. The second-order valence-corrected chi connectivity index (χ2v) is 6.98. The Morgan fingerprint density at radius 1 is 0.833 bits per heavy atom. The number of nitrogens with one attached hydrogen (secondary N) is 2. The van der Waals surface area contributed by atoms with E-state index in [1.54, 1.807) is 0 Å². The van der Waals surface area contributed by atoms with Crippen LogP contribution in [0.5, 0.6) is 0 Å². The second-order valence-electron chi connectivity index (χ2n) is 6.98. The van der Waals surface area contributed by atoms with Crippen LogP contribution in [-0.2, 0) is 18.9 Å². The first-order valence-electron chi connectivity index (χ1n) is 8.89. The van der Waals surface area contributed by atoms with E-state index in [0.717, 1.165) is 30.8 Å². The summed E-state index contributed by atoms with van der Waals surface area (Å²) in [6.45, 7) is 1.95. The van der Waals surface area contributed by atoms with Crippen molar-refractivity contribution in [3.8, 4) is 0 Å². The lowest BCUT2D eigenvalue weighted by Gasteiger charge is -2.20. The van der Waals surface area contributed by atoms with Gasteiger partial charge in [-0.1, -0.05) is 30.3 Å². The molecular formula is C20H22Cl2F6N2. The van der Waals surface area contributed by atoms with E-state index >= 15 is 0 Å². The van der Waals surface area contributed by atoms with Crippen LogP contribution in [0.25, 0.3) is 0 Å². The highest BCUT2D eigenvalue weighted by Gasteiger charge is 2.37. The highest BCUT2D eigenvalue weighted by molar-refractivity contribution is 5.85. The molecule has 0 bridgehead atoms. The Kier molecular flexibility index (Phi) is 9.48. The molecule has 3 rings (SSSR count). The Bertz CT molecular complexity index is 764. The molecule has 0 saturated carbocycles. The summed E-state index contributed by atoms with van der Waals surface area (Å²) in [5, 5.41) is 6.32. The fourth-order valence-electron chi connectivity index (χ4n) is 3.56. The van der Waals surface area contributed by atoms with Crippen LogP contribution in [0.2, 0.25) is 0 Å². The summed E-state index contributed by atoms with van der Waals surface area (Å²) in [6.07, 6.45) is -9.66. The first kappa shape index (κ1) is 26.6. The van der Waals surface area contributed by atoms with Crippen LogP contribution in [0.15, 0.2) is 48.5 Å². The zero-order valence-corrected chi connectivity index (χ0v) is 17.3.